The van der Waals surface area contributed by atoms with Gasteiger partial charge in [-0.3, -0.25) is 14.7 Å². The first-order valence-corrected chi connectivity index (χ1v) is 9.24. The molecule has 0 radical (unpaired) electrons. The maximum atomic E-state index is 13.0. The third-order valence-corrected chi connectivity index (χ3v) is 4.95. The number of nitrogens with zero attached hydrogens (tertiary/aromatic N) is 4. The molecule has 25 heavy (non-hydrogen) atoms. The Bertz CT molecular complexity index is 685. The topological polar surface area (TPSA) is 80.2 Å². The van der Waals surface area contributed by atoms with Gasteiger partial charge < -0.3 is 10.1 Å². The van der Waals surface area contributed by atoms with Crippen LogP contribution < -0.4 is 5.32 Å². The molecule has 3 heterocycles. The molecule has 1 fully saturated rings. The summed E-state index contributed by atoms with van der Waals surface area (Å²) in [5, 5.41) is 7.22. The third kappa shape index (κ3) is 4.39. The molecule has 8 heteroatoms. The van der Waals surface area contributed by atoms with E-state index in [1.54, 1.807) is 12.4 Å². The summed E-state index contributed by atoms with van der Waals surface area (Å²) in [5.74, 6) is 0.261. The lowest BCUT2D eigenvalue weighted by atomic mass is 10.1. The zero-order chi connectivity index (χ0) is 17.6. The lowest BCUT2D eigenvalue weighted by molar-refractivity contribution is -0.128. The molecule has 134 valence electrons. The number of ether oxygens (including phenoxy) is 1. The van der Waals surface area contributed by atoms with Crippen LogP contribution in [0.2, 0.25) is 0 Å². The Morgan fingerprint density at radius 2 is 2.20 bits per heavy atom. The number of hydrogen-bond donors (Lipinski definition) is 1. The summed E-state index contributed by atoms with van der Waals surface area (Å²) < 4.78 is 9.44. The molecule has 2 aromatic heterocycles. The van der Waals surface area contributed by atoms with Crippen LogP contribution in [0.5, 0.6) is 0 Å². The lowest BCUT2D eigenvalue weighted by Gasteiger charge is -2.33. The molecule has 3 rings (SSSR count). The Morgan fingerprint density at radius 3 is 2.88 bits per heavy atom. The van der Waals surface area contributed by atoms with Gasteiger partial charge in [0.15, 0.2) is 0 Å². The Kier molecular flexibility index (Phi) is 6.06. The van der Waals surface area contributed by atoms with Crippen LogP contribution in [0.1, 0.15) is 41.9 Å². The molecule has 0 aromatic carbocycles. The summed E-state index contributed by atoms with van der Waals surface area (Å²) in [5.41, 5.74) is 1.85. The Morgan fingerprint density at radius 1 is 1.40 bits per heavy atom. The minimum atomic E-state index is -0.360. The van der Waals surface area contributed by atoms with E-state index in [9.17, 15) is 4.79 Å². The SMILES string of the molecule is CC(C)c1nnsc1CNC(=O)C(c1cccnc1)N1CCOCC1. The number of aromatic nitrogens is 3. The molecule has 1 N–H and O–H groups in total. The zero-order valence-corrected chi connectivity index (χ0v) is 15.3. The minimum absolute atomic E-state index is 0.0296. The van der Waals surface area contributed by atoms with Gasteiger partial charge in [0.2, 0.25) is 5.91 Å². The first kappa shape index (κ1) is 17.9. The normalized spacial score (nSPS) is 16.8. The molecule has 1 aliphatic heterocycles. The van der Waals surface area contributed by atoms with Crippen molar-refractivity contribution in [1.29, 1.82) is 0 Å². The molecule has 0 saturated carbocycles. The molecule has 0 bridgehead atoms. The second-order valence-electron chi connectivity index (χ2n) is 6.29. The second kappa shape index (κ2) is 8.46. The smallest absolute Gasteiger partial charge is 0.242 e. The van der Waals surface area contributed by atoms with Crippen LogP contribution in [0.3, 0.4) is 0 Å². The van der Waals surface area contributed by atoms with Gasteiger partial charge in [-0.1, -0.05) is 24.4 Å². The second-order valence-corrected chi connectivity index (χ2v) is 7.13. The number of carbonyl (C=O) groups is 1. The standard InChI is InChI=1S/C17H23N5O2S/c1-12(2)15-14(25-21-20-15)11-19-17(23)16(13-4-3-5-18-10-13)22-6-8-24-9-7-22/h3-5,10,12,16H,6-9,11H2,1-2H3,(H,19,23). The molecule has 1 amide bonds. The summed E-state index contributed by atoms with van der Waals surface area (Å²) in [7, 11) is 0. The van der Waals surface area contributed by atoms with E-state index in [1.165, 1.54) is 11.5 Å². The van der Waals surface area contributed by atoms with Gasteiger partial charge in [-0.25, -0.2) is 0 Å². The molecular weight excluding hydrogens is 338 g/mol. The van der Waals surface area contributed by atoms with E-state index >= 15 is 0 Å². The molecule has 0 spiro atoms. The van der Waals surface area contributed by atoms with Crippen LogP contribution in [-0.4, -0.2) is 51.7 Å². The van der Waals surface area contributed by atoms with Gasteiger partial charge in [-0.2, -0.15) is 0 Å². The van der Waals surface area contributed by atoms with E-state index in [2.05, 4.69) is 38.6 Å². The van der Waals surface area contributed by atoms with E-state index in [0.29, 0.717) is 25.7 Å². The fourth-order valence-electron chi connectivity index (χ4n) is 2.94. The summed E-state index contributed by atoms with van der Waals surface area (Å²) >= 11 is 1.34. The number of rotatable bonds is 6. The fraction of sp³-hybridized carbons (Fsp3) is 0.529. The molecule has 7 nitrogen and oxygen atoms in total. The summed E-state index contributed by atoms with van der Waals surface area (Å²) in [6, 6.07) is 3.45. The summed E-state index contributed by atoms with van der Waals surface area (Å²) in [6.45, 7) is 7.34. The van der Waals surface area contributed by atoms with Crippen molar-refractivity contribution < 1.29 is 9.53 Å². The zero-order valence-electron chi connectivity index (χ0n) is 14.5. The molecule has 2 aromatic rings. The van der Waals surface area contributed by atoms with E-state index in [1.807, 2.05) is 12.1 Å². The van der Waals surface area contributed by atoms with Crippen molar-refractivity contribution in [2.45, 2.75) is 32.4 Å². The first-order valence-electron chi connectivity index (χ1n) is 8.47. The maximum Gasteiger partial charge on any atom is 0.242 e. The number of hydrogen-bond acceptors (Lipinski definition) is 7. The fourth-order valence-corrected chi connectivity index (χ4v) is 3.68. The van der Waals surface area contributed by atoms with Gasteiger partial charge in [0, 0.05) is 25.5 Å². The average Bonchev–Trinajstić information content (AvgIpc) is 3.11. The van der Waals surface area contributed by atoms with Crippen LogP contribution in [-0.2, 0) is 16.1 Å². The van der Waals surface area contributed by atoms with Gasteiger partial charge in [0.1, 0.15) is 6.04 Å². The maximum absolute atomic E-state index is 13.0. The molecule has 1 aliphatic rings. The number of morpholine rings is 1. The highest BCUT2D eigenvalue weighted by Gasteiger charge is 2.29. The van der Waals surface area contributed by atoms with Crippen molar-refractivity contribution in [3.05, 3.63) is 40.7 Å². The van der Waals surface area contributed by atoms with Gasteiger partial charge >= 0.3 is 0 Å². The molecule has 1 atom stereocenters. The van der Waals surface area contributed by atoms with Crippen LogP contribution >= 0.6 is 11.5 Å². The molecule has 1 saturated heterocycles. The van der Waals surface area contributed by atoms with Gasteiger partial charge in [-0.15, -0.1) is 5.10 Å². The number of nitrogens with one attached hydrogen (secondary N) is 1. The van der Waals surface area contributed by atoms with Crippen molar-refractivity contribution in [2.75, 3.05) is 26.3 Å². The number of amides is 1. The molecule has 0 aliphatic carbocycles. The van der Waals surface area contributed by atoms with E-state index in [-0.39, 0.29) is 11.9 Å². The van der Waals surface area contributed by atoms with Crippen molar-refractivity contribution in [1.82, 2.24) is 24.8 Å². The number of pyridine rings is 1. The van der Waals surface area contributed by atoms with Crippen molar-refractivity contribution >= 4 is 17.4 Å². The first-order chi connectivity index (χ1) is 12.2. The van der Waals surface area contributed by atoms with Crippen molar-refractivity contribution in [2.24, 2.45) is 0 Å². The lowest BCUT2D eigenvalue weighted by Crippen LogP contribution is -2.45. The van der Waals surface area contributed by atoms with Gasteiger partial charge in [-0.05, 0) is 29.1 Å². The van der Waals surface area contributed by atoms with Gasteiger partial charge in [0.05, 0.1) is 30.3 Å². The highest BCUT2D eigenvalue weighted by atomic mass is 32.1. The molecular formula is C17H23N5O2S. The summed E-state index contributed by atoms with van der Waals surface area (Å²) in [6.07, 6.45) is 3.48. The average molecular weight is 361 g/mol. The van der Waals surface area contributed by atoms with Crippen LogP contribution in [0.4, 0.5) is 0 Å². The minimum Gasteiger partial charge on any atom is -0.379 e. The predicted octanol–water partition coefficient (Wildman–Crippen LogP) is 1.75. The Labute approximate surface area is 151 Å². The summed E-state index contributed by atoms with van der Waals surface area (Å²) in [4.78, 5) is 20.3. The largest absolute Gasteiger partial charge is 0.379 e. The van der Waals surface area contributed by atoms with Gasteiger partial charge in [0.25, 0.3) is 0 Å². The highest BCUT2D eigenvalue weighted by Crippen LogP contribution is 2.23. The quantitative estimate of drug-likeness (QED) is 0.844. The van der Waals surface area contributed by atoms with Crippen molar-refractivity contribution in [3.8, 4) is 0 Å². The van der Waals surface area contributed by atoms with E-state index in [0.717, 1.165) is 29.2 Å². The third-order valence-electron chi connectivity index (χ3n) is 4.21. The highest BCUT2D eigenvalue weighted by molar-refractivity contribution is 7.05. The monoisotopic (exact) mass is 361 g/mol. The Hall–Kier alpha value is -1.90. The molecule has 1 unspecified atom stereocenters. The van der Waals surface area contributed by atoms with Crippen LogP contribution in [0, 0.1) is 0 Å². The van der Waals surface area contributed by atoms with Crippen molar-refractivity contribution in [3.63, 3.8) is 0 Å². The van der Waals surface area contributed by atoms with Crippen LogP contribution in [0.15, 0.2) is 24.5 Å². The predicted molar refractivity (Wildman–Crippen MR) is 95.2 cm³/mol. The number of carbonyl (C=O) groups excluding carboxylic acids is 1. The van der Waals surface area contributed by atoms with E-state index in [4.69, 9.17) is 4.74 Å². The van der Waals surface area contributed by atoms with Crippen LogP contribution in [0.25, 0.3) is 0 Å². The Balaban J connectivity index is 1.73. The van der Waals surface area contributed by atoms with E-state index < -0.39 is 0 Å².